The van der Waals surface area contributed by atoms with Gasteiger partial charge in [-0.1, -0.05) is 12.1 Å². The molecule has 1 aromatic rings. The third-order valence-corrected chi connectivity index (χ3v) is 2.32. The number of para-hydroxylation sites is 1. The maximum absolute atomic E-state index is 12.1. The Morgan fingerprint density at radius 1 is 1.53 bits per heavy atom. The summed E-state index contributed by atoms with van der Waals surface area (Å²) in [7, 11) is 0. The largest absolute Gasteiger partial charge is 0.433 e. The first-order valence-corrected chi connectivity index (χ1v) is 5.01. The minimum atomic E-state index is -2.89. The van der Waals surface area contributed by atoms with Gasteiger partial charge in [0.15, 0.2) is 0 Å². The molecule has 0 heterocycles. The van der Waals surface area contributed by atoms with Gasteiger partial charge in [0, 0.05) is 12.0 Å². The zero-order valence-electron chi connectivity index (χ0n) is 7.97. The molecule has 0 saturated carbocycles. The van der Waals surface area contributed by atoms with Gasteiger partial charge in [-0.15, -0.1) is 0 Å². The highest BCUT2D eigenvalue weighted by atomic mass is 79.9. The second kappa shape index (κ2) is 5.21. The van der Waals surface area contributed by atoms with E-state index in [1.165, 1.54) is 6.92 Å². The summed E-state index contributed by atoms with van der Waals surface area (Å²) in [6, 6.07) is 4.84. The average molecular weight is 279 g/mol. The van der Waals surface area contributed by atoms with E-state index in [-0.39, 0.29) is 18.0 Å². The Balaban J connectivity index is 3.02. The Kier molecular flexibility index (Phi) is 4.20. The standard InChI is InChI=1S/C10H9BrF2O2/c1-6(14)5-7-3-2-4-8(11)9(7)15-10(12)13/h2-4,10H,5H2,1H3. The summed E-state index contributed by atoms with van der Waals surface area (Å²) in [5.74, 6) is -0.0742. The second-order valence-corrected chi connectivity index (χ2v) is 3.84. The van der Waals surface area contributed by atoms with Crippen LogP contribution in [-0.2, 0) is 11.2 Å². The molecule has 0 N–H and O–H groups in total. The number of benzene rings is 1. The van der Waals surface area contributed by atoms with Gasteiger partial charge in [-0.05, 0) is 28.9 Å². The number of alkyl halides is 2. The van der Waals surface area contributed by atoms with E-state index in [1.807, 2.05) is 0 Å². The number of ketones is 1. The Morgan fingerprint density at radius 3 is 2.73 bits per heavy atom. The highest BCUT2D eigenvalue weighted by Gasteiger charge is 2.13. The van der Waals surface area contributed by atoms with Crippen LogP contribution >= 0.6 is 15.9 Å². The van der Waals surface area contributed by atoms with E-state index >= 15 is 0 Å². The summed E-state index contributed by atoms with van der Waals surface area (Å²) in [5, 5.41) is 0. The van der Waals surface area contributed by atoms with Crippen LogP contribution < -0.4 is 4.74 Å². The van der Waals surface area contributed by atoms with Gasteiger partial charge >= 0.3 is 6.61 Å². The van der Waals surface area contributed by atoms with Crippen molar-refractivity contribution in [2.75, 3.05) is 0 Å². The van der Waals surface area contributed by atoms with Crippen molar-refractivity contribution in [1.82, 2.24) is 0 Å². The molecular formula is C10H9BrF2O2. The minimum Gasteiger partial charge on any atom is -0.433 e. The van der Waals surface area contributed by atoms with Gasteiger partial charge in [-0.3, -0.25) is 4.79 Å². The van der Waals surface area contributed by atoms with Crippen molar-refractivity contribution in [3.05, 3.63) is 28.2 Å². The van der Waals surface area contributed by atoms with Gasteiger partial charge < -0.3 is 4.74 Å². The van der Waals surface area contributed by atoms with E-state index in [1.54, 1.807) is 18.2 Å². The smallest absolute Gasteiger partial charge is 0.387 e. The lowest BCUT2D eigenvalue weighted by molar-refractivity contribution is -0.116. The molecule has 0 bridgehead atoms. The molecule has 0 amide bonds. The van der Waals surface area contributed by atoms with Crippen molar-refractivity contribution in [2.24, 2.45) is 0 Å². The van der Waals surface area contributed by atoms with Crippen LogP contribution in [0, 0.1) is 0 Å². The molecule has 0 aromatic heterocycles. The first kappa shape index (κ1) is 12.1. The van der Waals surface area contributed by atoms with Crippen LogP contribution in [0.5, 0.6) is 5.75 Å². The molecule has 82 valence electrons. The van der Waals surface area contributed by atoms with Crippen LogP contribution in [0.4, 0.5) is 8.78 Å². The Morgan fingerprint density at radius 2 is 2.20 bits per heavy atom. The predicted molar refractivity (Wildman–Crippen MR) is 55.2 cm³/mol. The molecule has 0 aliphatic carbocycles. The van der Waals surface area contributed by atoms with Crippen LogP contribution in [0.25, 0.3) is 0 Å². The highest BCUT2D eigenvalue weighted by Crippen LogP contribution is 2.30. The van der Waals surface area contributed by atoms with Crippen LogP contribution in [0.3, 0.4) is 0 Å². The maximum atomic E-state index is 12.1. The molecule has 0 radical (unpaired) electrons. The zero-order chi connectivity index (χ0) is 11.4. The Hall–Kier alpha value is -0.970. The van der Waals surface area contributed by atoms with Crippen molar-refractivity contribution in [2.45, 2.75) is 20.0 Å². The zero-order valence-corrected chi connectivity index (χ0v) is 9.55. The van der Waals surface area contributed by atoms with Crippen molar-refractivity contribution < 1.29 is 18.3 Å². The maximum Gasteiger partial charge on any atom is 0.387 e. The predicted octanol–water partition coefficient (Wildman–Crippen LogP) is 3.18. The number of Topliss-reactive ketones (excluding diaryl/α,β-unsaturated/α-hetero) is 1. The minimum absolute atomic E-state index is 0.0303. The summed E-state index contributed by atoms with van der Waals surface area (Å²) in [4.78, 5) is 10.9. The second-order valence-electron chi connectivity index (χ2n) is 2.99. The fourth-order valence-corrected chi connectivity index (χ4v) is 1.68. The molecule has 1 rings (SSSR count). The van der Waals surface area contributed by atoms with E-state index in [0.717, 1.165) is 0 Å². The van der Waals surface area contributed by atoms with Crippen LogP contribution in [0.2, 0.25) is 0 Å². The number of hydrogen-bond acceptors (Lipinski definition) is 2. The number of carbonyl (C=O) groups excluding carboxylic acids is 1. The van der Waals surface area contributed by atoms with Crippen molar-refractivity contribution >= 4 is 21.7 Å². The van der Waals surface area contributed by atoms with Crippen LogP contribution in [0.15, 0.2) is 22.7 Å². The summed E-state index contributed by atoms with van der Waals surface area (Å²) in [6.07, 6.45) is 0.0848. The molecule has 0 fully saturated rings. The van der Waals surface area contributed by atoms with E-state index in [2.05, 4.69) is 20.7 Å². The van der Waals surface area contributed by atoms with Gasteiger partial charge in [0.1, 0.15) is 11.5 Å². The van der Waals surface area contributed by atoms with Crippen LogP contribution in [0.1, 0.15) is 12.5 Å². The van der Waals surface area contributed by atoms with Gasteiger partial charge in [-0.25, -0.2) is 0 Å². The molecule has 0 saturated heterocycles. The molecule has 5 heteroatoms. The fourth-order valence-electron chi connectivity index (χ4n) is 1.18. The molecule has 0 aliphatic heterocycles. The molecule has 0 spiro atoms. The third-order valence-electron chi connectivity index (χ3n) is 1.69. The molecule has 1 aromatic carbocycles. The number of ether oxygens (including phenoxy) is 1. The summed E-state index contributed by atoms with van der Waals surface area (Å²) in [5.41, 5.74) is 0.456. The summed E-state index contributed by atoms with van der Waals surface area (Å²) in [6.45, 7) is -1.50. The van der Waals surface area contributed by atoms with Gasteiger partial charge in [0.25, 0.3) is 0 Å². The molecule has 0 aliphatic rings. The van der Waals surface area contributed by atoms with Crippen molar-refractivity contribution in [1.29, 1.82) is 0 Å². The number of hydrogen-bond donors (Lipinski definition) is 0. The van der Waals surface area contributed by atoms with Gasteiger partial charge in [0.2, 0.25) is 0 Å². The molecule has 0 atom stereocenters. The van der Waals surface area contributed by atoms with Gasteiger partial charge in [-0.2, -0.15) is 8.78 Å². The third kappa shape index (κ3) is 3.58. The number of carbonyl (C=O) groups is 1. The van der Waals surface area contributed by atoms with Crippen LogP contribution in [-0.4, -0.2) is 12.4 Å². The summed E-state index contributed by atoms with van der Waals surface area (Å²) >= 11 is 3.10. The summed E-state index contributed by atoms with van der Waals surface area (Å²) < 4.78 is 28.9. The van der Waals surface area contributed by atoms with E-state index < -0.39 is 6.61 Å². The lowest BCUT2D eigenvalue weighted by Crippen LogP contribution is -2.07. The highest BCUT2D eigenvalue weighted by molar-refractivity contribution is 9.10. The van der Waals surface area contributed by atoms with Gasteiger partial charge in [0.05, 0.1) is 4.47 Å². The lowest BCUT2D eigenvalue weighted by Gasteiger charge is -2.11. The Labute approximate surface area is 94.4 Å². The fraction of sp³-hybridized carbons (Fsp3) is 0.300. The van der Waals surface area contributed by atoms with E-state index in [0.29, 0.717) is 10.0 Å². The molecular weight excluding hydrogens is 270 g/mol. The van der Waals surface area contributed by atoms with E-state index in [4.69, 9.17) is 0 Å². The quantitative estimate of drug-likeness (QED) is 0.846. The molecule has 0 unspecified atom stereocenters. The van der Waals surface area contributed by atoms with Crippen molar-refractivity contribution in [3.63, 3.8) is 0 Å². The SMILES string of the molecule is CC(=O)Cc1cccc(Br)c1OC(F)F. The number of rotatable bonds is 4. The number of halogens is 3. The van der Waals surface area contributed by atoms with Crippen molar-refractivity contribution in [3.8, 4) is 5.75 Å². The topological polar surface area (TPSA) is 26.3 Å². The molecule has 2 nitrogen and oxygen atoms in total. The normalized spacial score (nSPS) is 10.5. The van der Waals surface area contributed by atoms with E-state index in [9.17, 15) is 13.6 Å². The molecule has 15 heavy (non-hydrogen) atoms. The Bertz CT molecular complexity index is 366. The average Bonchev–Trinajstić information content (AvgIpc) is 2.09. The first-order chi connectivity index (χ1) is 7.00. The lowest BCUT2D eigenvalue weighted by atomic mass is 10.1. The first-order valence-electron chi connectivity index (χ1n) is 4.22. The monoisotopic (exact) mass is 278 g/mol.